The molecule has 20 heavy (non-hydrogen) atoms. The van der Waals surface area contributed by atoms with Crippen molar-refractivity contribution in [3.05, 3.63) is 16.9 Å². The summed E-state index contributed by atoms with van der Waals surface area (Å²) in [6, 6.07) is 0.190. The molecule has 1 N–H and O–H groups in total. The minimum Gasteiger partial charge on any atom is -0.383 e. The van der Waals surface area contributed by atoms with Gasteiger partial charge in [0.25, 0.3) is 0 Å². The van der Waals surface area contributed by atoms with Crippen LogP contribution in [-0.2, 0) is 5.60 Å². The van der Waals surface area contributed by atoms with Crippen LogP contribution in [0.4, 0.5) is 0 Å². The fourth-order valence-electron chi connectivity index (χ4n) is 4.40. The van der Waals surface area contributed by atoms with Crippen molar-refractivity contribution in [2.45, 2.75) is 72.4 Å². The Morgan fingerprint density at radius 3 is 2.10 bits per heavy atom. The number of nitrogens with zero attached hydrogens (tertiary/aromatic N) is 2. The molecule has 0 amide bonds. The second-order valence-electron chi connectivity index (χ2n) is 8.27. The molecule has 1 aliphatic rings. The Hall–Kier alpha value is -0.540. The first kappa shape index (κ1) is 15.8. The van der Waals surface area contributed by atoms with Crippen LogP contribution in [0.15, 0.2) is 6.20 Å². The molecule has 1 saturated carbocycles. The number of hydrogen-bond donors (Lipinski definition) is 1. The van der Waals surface area contributed by atoms with Crippen molar-refractivity contribution in [3.8, 4) is 0 Å². The molecule has 3 nitrogen and oxygen atoms in total. The van der Waals surface area contributed by atoms with Crippen LogP contribution < -0.4 is 0 Å². The molecule has 114 valence electrons. The van der Waals surface area contributed by atoms with Gasteiger partial charge in [0.2, 0.25) is 0 Å². The molecule has 0 aliphatic heterocycles. The van der Waals surface area contributed by atoms with E-state index in [9.17, 15) is 5.11 Å². The van der Waals surface area contributed by atoms with Gasteiger partial charge in [0.1, 0.15) is 5.60 Å². The minimum atomic E-state index is -0.900. The van der Waals surface area contributed by atoms with Crippen molar-refractivity contribution in [2.75, 3.05) is 0 Å². The lowest BCUT2D eigenvalue weighted by atomic mass is 9.59. The van der Waals surface area contributed by atoms with E-state index in [-0.39, 0.29) is 16.9 Å². The summed E-state index contributed by atoms with van der Waals surface area (Å²) in [6.07, 6.45) is 4.21. The summed E-state index contributed by atoms with van der Waals surface area (Å²) in [6.45, 7) is 13.0. The molecule has 1 heterocycles. The van der Waals surface area contributed by atoms with Gasteiger partial charge in [-0.15, -0.1) is 0 Å². The Balaban J connectivity index is 2.52. The van der Waals surface area contributed by atoms with E-state index in [0.29, 0.717) is 5.02 Å². The van der Waals surface area contributed by atoms with Gasteiger partial charge in [0.05, 0.1) is 16.9 Å². The molecule has 0 atom stereocenters. The third-order valence-electron chi connectivity index (χ3n) is 4.18. The number of aromatic nitrogens is 2. The lowest BCUT2D eigenvalue weighted by molar-refractivity contribution is -0.0967. The molecule has 0 saturated heterocycles. The Morgan fingerprint density at radius 1 is 1.15 bits per heavy atom. The van der Waals surface area contributed by atoms with Crippen molar-refractivity contribution in [2.24, 2.45) is 10.8 Å². The maximum atomic E-state index is 11.4. The number of halogens is 1. The zero-order chi connectivity index (χ0) is 15.3. The SMILES string of the molecule is CC(C)n1ncc(Cl)c1C1(O)CC(C)(C)CC(C)(C)C1. The molecule has 1 aromatic rings. The summed E-state index contributed by atoms with van der Waals surface area (Å²) in [4.78, 5) is 0. The van der Waals surface area contributed by atoms with Gasteiger partial charge in [-0.2, -0.15) is 5.10 Å². The molecular weight excluding hydrogens is 272 g/mol. The van der Waals surface area contributed by atoms with E-state index in [0.717, 1.165) is 25.0 Å². The monoisotopic (exact) mass is 298 g/mol. The van der Waals surface area contributed by atoms with Crippen molar-refractivity contribution < 1.29 is 5.11 Å². The predicted octanol–water partition coefficient (Wildman–Crippen LogP) is 4.54. The Labute approximate surface area is 127 Å². The van der Waals surface area contributed by atoms with Gasteiger partial charge in [0.15, 0.2) is 0 Å². The summed E-state index contributed by atoms with van der Waals surface area (Å²) in [7, 11) is 0. The molecule has 1 aromatic heterocycles. The number of aliphatic hydroxyl groups is 1. The van der Waals surface area contributed by atoms with Gasteiger partial charge in [-0.25, -0.2) is 0 Å². The molecule has 1 fully saturated rings. The predicted molar refractivity (Wildman–Crippen MR) is 82.9 cm³/mol. The molecule has 1 aliphatic carbocycles. The van der Waals surface area contributed by atoms with Crippen LogP contribution in [0.2, 0.25) is 5.02 Å². The molecule has 0 radical (unpaired) electrons. The van der Waals surface area contributed by atoms with E-state index in [4.69, 9.17) is 11.6 Å². The molecule has 0 unspecified atom stereocenters. The summed E-state index contributed by atoms with van der Waals surface area (Å²) >= 11 is 6.35. The summed E-state index contributed by atoms with van der Waals surface area (Å²) in [5.41, 5.74) is 0.0657. The number of rotatable bonds is 2. The quantitative estimate of drug-likeness (QED) is 0.870. The maximum absolute atomic E-state index is 11.4. The van der Waals surface area contributed by atoms with Crippen LogP contribution in [0.1, 0.15) is 72.5 Å². The lowest BCUT2D eigenvalue weighted by Gasteiger charge is -2.49. The smallest absolute Gasteiger partial charge is 0.109 e. The molecule has 0 spiro atoms. The highest BCUT2D eigenvalue weighted by atomic mass is 35.5. The van der Waals surface area contributed by atoms with Crippen LogP contribution in [0.5, 0.6) is 0 Å². The Morgan fingerprint density at radius 2 is 1.65 bits per heavy atom. The maximum Gasteiger partial charge on any atom is 0.109 e. The van der Waals surface area contributed by atoms with Crippen LogP contribution in [0.25, 0.3) is 0 Å². The molecular formula is C16H27ClN2O. The van der Waals surface area contributed by atoms with E-state index < -0.39 is 5.60 Å². The second-order valence-corrected chi connectivity index (χ2v) is 8.68. The molecule has 4 heteroatoms. The molecule has 0 aromatic carbocycles. The van der Waals surface area contributed by atoms with Gasteiger partial charge < -0.3 is 5.11 Å². The van der Waals surface area contributed by atoms with Crippen molar-refractivity contribution in [1.82, 2.24) is 9.78 Å². The number of hydrogen-bond acceptors (Lipinski definition) is 2. The first-order chi connectivity index (χ1) is 8.96. The summed E-state index contributed by atoms with van der Waals surface area (Å²) < 4.78 is 1.87. The average Bonchev–Trinajstić information content (AvgIpc) is 2.54. The van der Waals surface area contributed by atoms with Crippen LogP contribution in [0, 0.1) is 10.8 Å². The van der Waals surface area contributed by atoms with E-state index in [2.05, 4.69) is 46.6 Å². The average molecular weight is 299 g/mol. The first-order valence-corrected chi connectivity index (χ1v) is 7.80. The van der Waals surface area contributed by atoms with Crippen molar-refractivity contribution in [1.29, 1.82) is 0 Å². The van der Waals surface area contributed by atoms with Crippen LogP contribution in [-0.4, -0.2) is 14.9 Å². The van der Waals surface area contributed by atoms with Crippen molar-refractivity contribution in [3.63, 3.8) is 0 Å². The lowest BCUT2D eigenvalue weighted by Crippen LogP contribution is -2.45. The minimum absolute atomic E-state index is 0.0892. The van der Waals surface area contributed by atoms with Gasteiger partial charge >= 0.3 is 0 Å². The van der Waals surface area contributed by atoms with Gasteiger partial charge in [0, 0.05) is 6.04 Å². The second kappa shape index (κ2) is 4.74. The normalized spacial score (nSPS) is 24.1. The summed E-state index contributed by atoms with van der Waals surface area (Å²) in [5.74, 6) is 0. The Bertz CT molecular complexity index is 487. The molecule has 0 bridgehead atoms. The van der Waals surface area contributed by atoms with Gasteiger partial charge in [-0.3, -0.25) is 4.68 Å². The Kier molecular flexibility index (Phi) is 3.75. The van der Waals surface area contributed by atoms with Gasteiger partial charge in [-0.1, -0.05) is 39.3 Å². The summed E-state index contributed by atoms with van der Waals surface area (Å²) in [5, 5.41) is 16.3. The third kappa shape index (κ3) is 2.89. The fourth-order valence-corrected chi connectivity index (χ4v) is 4.71. The largest absolute Gasteiger partial charge is 0.383 e. The van der Waals surface area contributed by atoms with E-state index >= 15 is 0 Å². The van der Waals surface area contributed by atoms with Gasteiger partial charge in [-0.05, 0) is 43.9 Å². The topological polar surface area (TPSA) is 38.0 Å². The fraction of sp³-hybridized carbons (Fsp3) is 0.812. The van der Waals surface area contributed by atoms with E-state index in [1.54, 1.807) is 6.20 Å². The van der Waals surface area contributed by atoms with Crippen LogP contribution >= 0.6 is 11.6 Å². The van der Waals surface area contributed by atoms with E-state index in [1.807, 2.05) is 4.68 Å². The zero-order valence-electron chi connectivity index (χ0n) is 13.5. The molecule has 2 rings (SSSR count). The van der Waals surface area contributed by atoms with Crippen LogP contribution in [0.3, 0.4) is 0 Å². The van der Waals surface area contributed by atoms with E-state index in [1.165, 1.54) is 0 Å². The highest BCUT2D eigenvalue weighted by Crippen LogP contribution is 2.54. The zero-order valence-corrected chi connectivity index (χ0v) is 14.3. The highest BCUT2D eigenvalue weighted by molar-refractivity contribution is 6.31. The standard InChI is InChI=1S/C16H27ClN2O/c1-11(2)19-13(12(17)7-18-19)16(20)9-14(3,4)8-15(5,6)10-16/h7,11,20H,8-10H2,1-6H3. The third-order valence-corrected chi connectivity index (χ3v) is 4.46. The van der Waals surface area contributed by atoms with Crippen molar-refractivity contribution >= 4 is 11.6 Å². The highest BCUT2D eigenvalue weighted by Gasteiger charge is 2.49. The first-order valence-electron chi connectivity index (χ1n) is 7.42.